The van der Waals surface area contributed by atoms with Gasteiger partial charge in [0.1, 0.15) is 0 Å². The predicted octanol–water partition coefficient (Wildman–Crippen LogP) is 10.2. The van der Waals surface area contributed by atoms with E-state index in [1.807, 2.05) is 18.2 Å². The molecule has 0 aliphatic rings. The SMILES string of the molecule is Cc1ccc(N(c2ccccc2)c2ccc(-c3ccc(N(c4ccccc4)c4ccc(N)cc4)cc3)cc2)cc1. The van der Waals surface area contributed by atoms with E-state index in [1.165, 1.54) is 16.7 Å². The minimum atomic E-state index is 0.753. The molecule has 194 valence electrons. The first-order chi connectivity index (χ1) is 19.7. The van der Waals surface area contributed by atoms with E-state index in [0.29, 0.717) is 0 Å². The summed E-state index contributed by atoms with van der Waals surface area (Å²) in [6.45, 7) is 2.12. The molecule has 0 saturated heterocycles. The lowest BCUT2D eigenvalue weighted by atomic mass is 10.0. The molecule has 40 heavy (non-hydrogen) atoms. The fourth-order valence-corrected chi connectivity index (χ4v) is 4.97. The molecule has 0 aliphatic heterocycles. The molecular weight excluding hydrogens is 486 g/mol. The van der Waals surface area contributed by atoms with Gasteiger partial charge in [-0.2, -0.15) is 0 Å². The van der Waals surface area contributed by atoms with E-state index >= 15 is 0 Å². The summed E-state index contributed by atoms with van der Waals surface area (Å²) in [5.74, 6) is 0. The third kappa shape index (κ3) is 5.31. The van der Waals surface area contributed by atoms with E-state index < -0.39 is 0 Å². The maximum Gasteiger partial charge on any atom is 0.0463 e. The van der Waals surface area contributed by atoms with Crippen LogP contribution in [0.25, 0.3) is 11.1 Å². The Morgan fingerprint density at radius 2 is 0.650 bits per heavy atom. The standard InChI is InChI=1S/C37H31N3/c1-28-12-20-34(21-13-28)39(32-8-4-2-5-9-32)35-22-14-29(15-23-35)30-16-24-36(25-17-30)40(33-10-6-3-7-11-33)37-26-18-31(38)19-27-37/h2-27H,38H2,1H3. The first-order valence-corrected chi connectivity index (χ1v) is 13.5. The predicted molar refractivity (Wildman–Crippen MR) is 170 cm³/mol. The monoisotopic (exact) mass is 517 g/mol. The van der Waals surface area contributed by atoms with Crippen molar-refractivity contribution < 1.29 is 0 Å². The van der Waals surface area contributed by atoms with Crippen molar-refractivity contribution in [1.29, 1.82) is 0 Å². The maximum atomic E-state index is 5.97. The highest BCUT2D eigenvalue weighted by Gasteiger charge is 2.14. The third-order valence-electron chi connectivity index (χ3n) is 7.06. The molecule has 2 N–H and O–H groups in total. The van der Waals surface area contributed by atoms with Crippen LogP contribution in [0.2, 0.25) is 0 Å². The molecule has 0 aliphatic carbocycles. The molecule has 6 rings (SSSR count). The van der Waals surface area contributed by atoms with Crippen LogP contribution in [-0.2, 0) is 0 Å². The summed E-state index contributed by atoms with van der Waals surface area (Å²) in [7, 11) is 0. The largest absolute Gasteiger partial charge is 0.399 e. The van der Waals surface area contributed by atoms with E-state index in [4.69, 9.17) is 5.73 Å². The molecule has 0 saturated carbocycles. The van der Waals surface area contributed by atoms with Gasteiger partial charge in [-0.15, -0.1) is 0 Å². The molecule has 0 aromatic heterocycles. The van der Waals surface area contributed by atoms with E-state index in [1.54, 1.807) is 0 Å². The quantitative estimate of drug-likeness (QED) is 0.214. The molecule has 3 nitrogen and oxygen atoms in total. The van der Waals surface area contributed by atoms with Crippen molar-refractivity contribution in [3.63, 3.8) is 0 Å². The molecule has 0 unspecified atom stereocenters. The fourth-order valence-electron chi connectivity index (χ4n) is 4.97. The molecule has 0 radical (unpaired) electrons. The van der Waals surface area contributed by atoms with Crippen molar-refractivity contribution in [3.05, 3.63) is 163 Å². The Morgan fingerprint density at radius 1 is 0.350 bits per heavy atom. The van der Waals surface area contributed by atoms with Crippen LogP contribution in [0.5, 0.6) is 0 Å². The Balaban J connectivity index is 1.31. The van der Waals surface area contributed by atoms with Gasteiger partial charge in [-0.05, 0) is 103 Å². The second kappa shape index (κ2) is 11.2. The molecule has 0 spiro atoms. The lowest BCUT2D eigenvalue weighted by Gasteiger charge is -2.26. The Hall–Kier alpha value is -5.28. The van der Waals surface area contributed by atoms with Crippen LogP contribution in [0.4, 0.5) is 39.8 Å². The molecule has 0 amide bonds. The third-order valence-corrected chi connectivity index (χ3v) is 7.06. The Kier molecular flexibility index (Phi) is 7.02. The van der Waals surface area contributed by atoms with Crippen LogP contribution in [0, 0.1) is 6.92 Å². The lowest BCUT2D eigenvalue weighted by molar-refractivity contribution is 1.27. The number of rotatable bonds is 7. The van der Waals surface area contributed by atoms with Crippen molar-refractivity contribution in [2.75, 3.05) is 15.5 Å². The van der Waals surface area contributed by atoms with Gasteiger partial charge in [-0.25, -0.2) is 0 Å². The maximum absolute atomic E-state index is 5.97. The average molecular weight is 518 g/mol. The van der Waals surface area contributed by atoms with Gasteiger partial charge in [-0.3, -0.25) is 0 Å². The average Bonchev–Trinajstić information content (AvgIpc) is 3.01. The second-order valence-corrected chi connectivity index (χ2v) is 9.86. The first kappa shape index (κ1) is 25.0. The van der Waals surface area contributed by atoms with Gasteiger partial charge >= 0.3 is 0 Å². The Morgan fingerprint density at radius 3 is 1.02 bits per heavy atom. The van der Waals surface area contributed by atoms with Crippen molar-refractivity contribution in [1.82, 2.24) is 0 Å². The molecule has 6 aromatic carbocycles. The summed E-state index contributed by atoms with van der Waals surface area (Å²) in [4.78, 5) is 4.53. The molecule has 0 bridgehead atoms. The minimum absolute atomic E-state index is 0.753. The number of para-hydroxylation sites is 2. The molecular formula is C37H31N3. The topological polar surface area (TPSA) is 32.5 Å². The number of nitrogen functional groups attached to an aromatic ring is 1. The highest BCUT2D eigenvalue weighted by molar-refractivity contribution is 5.81. The van der Waals surface area contributed by atoms with Crippen molar-refractivity contribution >= 4 is 39.8 Å². The first-order valence-electron chi connectivity index (χ1n) is 13.5. The summed E-state index contributed by atoms with van der Waals surface area (Å²) in [5.41, 5.74) is 17.0. The Bertz CT molecular complexity index is 1530. The van der Waals surface area contributed by atoms with Crippen LogP contribution in [-0.4, -0.2) is 0 Å². The summed E-state index contributed by atoms with van der Waals surface area (Å²) in [6.07, 6.45) is 0. The van der Waals surface area contributed by atoms with Gasteiger partial charge < -0.3 is 15.5 Å². The number of nitrogens with two attached hydrogens (primary N) is 1. The zero-order chi connectivity index (χ0) is 27.3. The minimum Gasteiger partial charge on any atom is -0.399 e. The summed E-state index contributed by atoms with van der Waals surface area (Å²) < 4.78 is 0. The number of nitrogens with zero attached hydrogens (tertiary/aromatic N) is 2. The number of aryl methyl sites for hydroxylation is 1. The van der Waals surface area contributed by atoms with Crippen molar-refractivity contribution in [2.24, 2.45) is 0 Å². The van der Waals surface area contributed by atoms with Crippen molar-refractivity contribution in [3.8, 4) is 11.1 Å². The van der Waals surface area contributed by atoms with Crippen LogP contribution in [0.15, 0.2) is 158 Å². The smallest absolute Gasteiger partial charge is 0.0463 e. The van der Waals surface area contributed by atoms with Crippen LogP contribution in [0.3, 0.4) is 0 Å². The van der Waals surface area contributed by atoms with Crippen molar-refractivity contribution in [2.45, 2.75) is 6.92 Å². The van der Waals surface area contributed by atoms with E-state index in [9.17, 15) is 0 Å². The van der Waals surface area contributed by atoms with Gasteiger partial charge in [-0.1, -0.05) is 78.4 Å². The fraction of sp³-hybridized carbons (Fsp3) is 0.0270. The van der Waals surface area contributed by atoms with Crippen LogP contribution >= 0.6 is 0 Å². The molecule has 6 aromatic rings. The summed E-state index contributed by atoms with van der Waals surface area (Å²) in [6, 6.07) is 55.1. The number of hydrogen-bond acceptors (Lipinski definition) is 3. The zero-order valence-corrected chi connectivity index (χ0v) is 22.5. The van der Waals surface area contributed by atoms with Gasteiger partial charge in [0.25, 0.3) is 0 Å². The van der Waals surface area contributed by atoms with Gasteiger partial charge in [0, 0.05) is 39.8 Å². The molecule has 3 heteroatoms. The van der Waals surface area contributed by atoms with Crippen LogP contribution < -0.4 is 15.5 Å². The van der Waals surface area contributed by atoms with Gasteiger partial charge in [0.15, 0.2) is 0 Å². The van der Waals surface area contributed by atoms with E-state index in [-0.39, 0.29) is 0 Å². The van der Waals surface area contributed by atoms with E-state index in [0.717, 1.165) is 39.8 Å². The van der Waals surface area contributed by atoms with Crippen LogP contribution in [0.1, 0.15) is 5.56 Å². The number of benzene rings is 6. The highest BCUT2D eigenvalue weighted by Crippen LogP contribution is 2.38. The molecule has 0 atom stereocenters. The summed E-state index contributed by atoms with van der Waals surface area (Å²) in [5, 5.41) is 0. The zero-order valence-electron chi connectivity index (χ0n) is 22.5. The van der Waals surface area contributed by atoms with Gasteiger partial charge in [0.2, 0.25) is 0 Å². The highest BCUT2D eigenvalue weighted by atomic mass is 15.1. The molecule has 0 fully saturated rings. The molecule has 0 heterocycles. The normalized spacial score (nSPS) is 10.7. The summed E-state index contributed by atoms with van der Waals surface area (Å²) >= 11 is 0. The van der Waals surface area contributed by atoms with Gasteiger partial charge in [0.05, 0.1) is 0 Å². The second-order valence-electron chi connectivity index (χ2n) is 9.86. The number of anilines is 7. The Labute approximate surface area is 236 Å². The number of hydrogen-bond donors (Lipinski definition) is 1. The lowest BCUT2D eigenvalue weighted by Crippen LogP contribution is -2.10. The van der Waals surface area contributed by atoms with E-state index in [2.05, 4.69) is 156 Å².